The predicted molar refractivity (Wildman–Crippen MR) is 76.1 cm³/mol. The Balaban J connectivity index is 2.29. The molecule has 1 aromatic carbocycles. The van der Waals surface area contributed by atoms with E-state index in [1.54, 1.807) is 24.4 Å². The summed E-state index contributed by atoms with van der Waals surface area (Å²) in [4.78, 5) is 4.24. The summed E-state index contributed by atoms with van der Waals surface area (Å²) >= 11 is 9.47. The normalized spacial score (nSPS) is 9.89. The molecule has 0 aliphatic rings. The van der Waals surface area contributed by atoms with Crippen LogP contribution in [0.5, 0.6) is 0 Å². The smallest absolute Gasteiger partial charge is 0.130 e. The first-order valence-electron chi connectivity index (χ1n) is 5.19. The molecule has 3 nitrogen and oxygen atoms in total. The molecule has 0 fully saturated rings. The van der Waals surface area contributed by atoms with E-state index in [9.17, 15) is 0 Å². The average molecular weight is 323 g/mol. The molecule has 2 rings (SSSR count). The van der Waals surface area contributed by atoms with Gasteiger partial charge in [-0.2, -0.15) is 5.26 Å². The fraction of sp³-hybridized carbons (Fsp3) is 0.0769. The second-order valence-electron chi connectivity index (χ2n) is 3.75. The van der Waals surface area contributed by atoms with E-state index >= 15 is 0 Å². The minimum atomic E-state index is 0.497. The Hall–Kier alpha value is -1.57. The lowest BCUT2D eigenvalue weighted by Gasteiger charge is -2.09. The lowest BCUT2D eigenvalue weighted by atomic mass is 10.2. The van der Waals surface area contributed by atoms with Crippen molar-refractivity contribution in [3.8, 4) is 6.07 Å². The third kappa shape index (κ3) is 2.81. The van der Waals surface area contributed by atoms with Gasteiger partial charge in [0.15, 0.2) is 0 Å². The van der Waals surface area contributed by atoms with E-state index in [4.69, 9.17) is 16.9 Å². The van der Waals surface area contributed by atoms with Crippen molar-refractivity contribution in [1.29, 1.82) is 5.26 Å². The highest BCUT2D eigenvalue weighted by Crippen LogP contribution is 2.26. The molecule has 0 spiro atoms. The summed E-state index contributed by atoms with van der Waals surface area (Å²) in [7, 11) is 0. The number of hydrogen-bond donors (Lipinski definition) is 1. The van der Waals surface area contributed by atoms with Crippen LogP contribution in [-0.2, 0) is 0 Å². The fourth-order valence-corrected chi connectivity index (χ4v) is 1.88. The largest absolute Gasteiger partial charge is 0.339 e. The Morgan fingerprint density at radius 2 is 2.17 bits per heavy atom. The Morgan fingerprint density at radius 3 is 2.78 bits per heavy atom. The van der Waals surface area contributed by atoms with E-state index in [-0.39, 0.29) is 0 Å². The zero-order valence-electron chi connectivity index (χ0n) is 9.54. The number of anilines is 2. The molecule has 18 heavy (non-hydrogen) atoms. The van der Waals surface area contributed by atoms with E-state index in [0.29, 0.717) is 16.4 Å². The number of nitrogens with one attached hydrogen (secondary N) is 1. The van der Waals surface area contributed by atoms with Gasteiger partial charge in [0.25, 0.3) is 0 Å². The molecule has 5 heteroatoms. The maximum atomic E-state index is 8.76. The van der Waals surface area contributed by atoms with E-state index < -0.39 is 0 Å². The van der Waals surface area contributed by atoms with Gasteiger partial charge < -0.3 is 5.32 Å². The van der Waals surface area contributed by atoms with Crippen LogP contribution in [0.25, 0.3) is 0 Å². The summed E-state index contributed by atoms with van der Waals surface area (Å²) in [5.74, 6) is 0.710. The number of hydrogen-bond acceptors (Lipinski definition) is 3. The quantitative estimate of drug-likeness (QED) is 0.890. The lowest BCUT2D eigenvalue weighted by molar-refractivity contribution is 1.25. The van der Waals surface area contributed by atoms with Crippen molar-refractivity contribution in [3.05, 3.63) is 51.1 Å². The third-order valence-electron chi connectivity index (χ3n) is 2.41. The molecule has 0 aliphatic heterocycles. The fourth-order valence-electron chi connectivity index (χ4n) is 1.43. The second kappa shape index (κ2) is 5.38. The number of halogens is 2. The molecule has 0 saturated carbocycles. The Bertz CT molecular complexity index is 635. The van der Waals surface area contributed by atoms with Crippen molar-refractivity contribution in [2.45, 2.75) is 6.92 Å². The van der Waals surface area contributed by atoms with Crippen molar-refractivity contribution in [2.75, 3.05) is 5.32 Å². The summed E-state index contributed by atoms with van der Waals surface area (Å²) < 4.78 is 0.957. The molecule has 90 valence electrons. The number of aryl methyl sites for hydroxylation is 1. The van der Waals surface area contributed by atoms with Crippen molar-refractivity contribution in [3.63, 3.8) is 0 Å². The summed E-state index contributed by atoms with van der Waals surface area (Å²) in [6.45, 7) is 1.98. The molecule has 0 atom stereocenters. The van der Waals surface area contributed by atoms with Crippen molar-refractivity contribution >= 4 is 39.0 Å². The van der Waals surface area contributed by atoms with Gasteiger partial charge >= 0.3 is 0 Å². The maximum Gasteiger partial charge on any atom is 0.130 e. The van der Waals surface area contributed by atoms with Gasteiger partial charge in [0, 0.05) is 10.7 Å². The second-order valence-corrected chi connectivity index (χ2v) is 5.01. The van der Waals surface area contributed by atoms with Crippen LogP contribution in [0.15, 0.2) is 34.9 Å². The molecule has 1 heterocycles. The van der Waals surface area contributed by atoms with Gasteiger partial charge in [-0.05, 0) is 52.7 Å². The number of aromatic nitrogens is 1. The van der Waals surface area contributed by atoms with Crippen LogP contribution in [0.1, 0.15) is 11.1 Å². The number of rotatable bonds is 2. The van der Waals surface area contributed by atoms with Gasteiger partial charge in [0.05, 0.1) is 22.3 Å². The zero-order chi connectivity index (χ0) is 13.1. The standard InChI is InChI=1S/C13H9BrClN3/c1-8-4-13(17-7-10(8)14)18-12-3-2-9(6-16)5-11(12)15/h2-5,7H,1H3,(H,17,18). The Kier molecular flexibility index (Phi) is 3.85. The number of nitriles is 1. The van der Waals surface area contributed by atoms with Crippen LogP contribution in [0.3, 0.4) is 0 Å². The van der Waals surface area contributed by atoms with Gasteiger partial charge in [-0.3, -0.25) is 0 Å². The molecule has 2 aromatic rings. The van der Waals surface area contributed by atoms with Gasteiger partial charge in [-0.15, -0.1) is 0 Å². The Labute approximate surface area is 119 Å². The van der Waals surface area contributed by atoms with Gasteiger partial charge in [0.1, 0.15) is 5.82 Å². The SMILES string of the molecule is Cc1cc(Nc2ccc(C#N)cc2Cl)ncc1Br. The van der Waals surface area contributed by atoms with Crippen LogP contribution >= 0.6 is 27.5 Å². The zero-order valence-corrected chi connectivity index (χ0v) is 11.9. The highest BCUT2D eigenvalue weighted by Gasteiger charge is 2.04. The van der Waals surface area contributed by atoms with Crippen LogP contribution < -0.4 is 5.32 Å². The van der Waals surface area contributed by atoms with E-state index in [2.05, 4.69) is 26.2 Å². The average Bonchev–Trinajstić information content (AvgIpc) is 2.36. The first-order chi connectivity index (χ1) is 8.60. The topological polar surface area (TPSA) is 48.7 Å². The van der Waals surface area contributed by atoms with Gasteiger partial charge in [0.2, 0.25) is 0 Å². The third-order valence-corrected chi connectivity index (χ3v) is 3.55. The van der Waals surface area contributed by atoms with Crippen LogP contribution in [0.4, 0.5) is 11.5 Å². The highest BCUT2D eigenvalue weighted by molar-refractivity contribution is 9.10. The molecule has 0 bridgehead atoms. The molecule has 1 N–H and O–H groups in total. The van der Waals surface area contributed by atoms with Crippen molar-refractivity contribution in [2.24, 2.45) is 0 Å². The minimum absolute atomic E-state index is 0.497. The van der Waals surface area contributed by atoms with E-state index in [1.807, 2.05) is 19.1 Å². The first-order valence-corrected chi connectivity index (χ1v) is 6.36. The monoisotopic (exact) mass is 321 g/mol. The highest BCUT2D eigenvalue weighted by atomic mass is 79.9. The van der Waals surface area contributed by atoms with Crippen molar-refractivity contribution in [1.82, 2.24) is 4.98 Å². The van der Waals surface area contributed by atoms with E-state index in [1.165, 1.54) is 0 Å². The molecule has 0 radical (unpaired) electrons. The predicted octanol–water partition coefficient (Wildman–Crippen LogP) is 4.42. The number of benzene rings is 1. The van der Waals surface area contributed by atoms with E-state index in [0.717, 1.165) is 15.7 Å². The molecule has 0 aliphatic carbocycles. The molecule has 0 amide bonds. The number of pyridine rings is 1. The van der Waals surface area contributed by atoms with Crippen LogP contribution in [0, 0.1) is 18.3 Å². The minimum Gasteiger partial charge on any atom is -0.339 e. The van der Waals surface area contributed by atoms with Crippen LogP contribution in [0.2, 0.25) is 5.02 Å². The summed E-state index contributed by atoms with van der Waals surface area (Å²) in [5.41, 5.74) is 2.34. The van der Waals surface area contributed by atoms with Crippen LogP contribution in [-0.4, -0.2) is 4.98 Å². The van der Waals surface area contributed by atoms with Gasteiger partial charge in [-0.25, -0.2) is 4.98 Å². The van der Waals surface area contributed by atoms with Gasteiger partial charge in [-0.1, -0.05) is 11.6 Å². The summed E-state index contributed by atoms with van der Waals surface area (Å²) in [6, 6.07) is 9.05. The lowest BCUT2D eigenvalue weighted by Crippen LogP contribution is -1.95. The molecule has 1 aromatic heterocycles. The molecular weight excluding hydrogens is 314 g/mol. The molecule has 0 unspecified atom stereocenters. The summed E-state index contributed by atoms with van der Waals surface area (Å²) in [5, 5.41) is 12.4. The summed E-state index contributed by atoms with van der Waals surface area (Å²) in [6.07, 6.45) is 1.73. The maximum absolute atomic E-state index is 8.76. The first kappa shape index (κ1) is 12.9. The van der Waals surface area contributed by atoms with Crippen molar-refractivity contribution < 1.29 is 0 Å². The number of nitrogens with zero attached hydrogens (tertiary/aromatic N) is 2. The molecular formula is C13H9BrClN3. The molecule has 0 saturated heterocycles. The Morgan fingerprint density at radius 1 is 1.39 bits per heavy atom.